The number of aryl methyl sites for hydroxylation is 1. The summed E-state index contributed by atoms with van der Waals surface area (Å²) >= 11 is 0. The lowest BCUT2D eigenvalue weighted by atomic mass is 9.93. The number of ether oxygens (including phenoxy) is 1. The number of para-hydroxylation sites is 1. The average molecular weight is 561 g/mol. The normalized spacial score (nSPS) is 23.0. The van der Waals surface area contributed by atoms with E-state index in [9.17, 15) is 14.4 Å². The summed E-state index contributed by atoms with van der Waals surface area (Å²) in [5, 5.41) is 12.5. The Bertz CT molecular complexity index is 1240. The molecule has 0 bridgehead atoms. The predicted molar refractivity (Wildman–Crippen MR) is 161 cm³/mol. The van der Waals surface area contributed by atoms with E-state index in [1.807, 2.05) is 67.6 Å². The molecule has 8 heteroatoms. The number of nitrogens with one attached hydrogen (secondary N) is 4. The zero-order valence-electron chi connectivity index (χ0n) is 24.5. The SMILES string of the molecule is Cc1cccc(C[C@@H]2NC(=O)C3(CCCC3)NC(=O)[C@H](CC(C)C)NCCOc3ccccc3/C=C/CNC2=O)c1. The molecule has 1 saturated carbocycles. The highest BCUT2D eigenvalue weighted by molar-refractivity contribution is 5.96. The van der Waals surface area contributed by atoms with E-state index in [-0.39, 0.29) is 23.6 Å². The topological polar surface area (TPSA) is 109 Å². The first kappa shape index (κ1) is 30.3. The number of benzene rings is 2. The van der Waals surface area contributed by atoms with Crippen LogP contribution in [0.15, 0.2) is 54.6 Å². The van der Waals surface area contributed by atoms with Gasteiger partial charge in [-0.1, -0.05) is 86.9 Å². The third kappa shape index (κ3) is 8.43. The molecule has 1 fully saturated rings. The Kier molecular flexibility index (Phi) is 10.6. The third-order valence-corrected chi connectivity index (χ3v) is 7.78. The van der Waals surface area contributed by atoms with Crippen LogP contribution in [0.3, 0.4) is 0 Å². The lowest BCUT2D eigenvalue weighted by Crippen LogP contribution is -2.63. The van der Waals surface area contributed by atoms with Crippen LogP contribution in [0.5, 0.6) is 5.75 Å². The quantitative estimate of drug-likeness (QED) is 0.456. The van der Waals surface area contributed by atoms with E-state index < -0.39 is 17.6 Å². The van der Waals surface area contributed by atoms with Gasteiger partial charge in [0.2, 0.25) is 17.7 Å². The Morgan fingerprint density at radius 3 is 2.51 bits per heavy atom. The summed E-state index contributed by atoms with van der Waals surface area (Å²) in [4.78, 5) is 41.0. The molecular formula is C33H44N4O4. The monoisotopic (exact) mass is 560 g/mol. The molecule has 2 atom stereocenters. The zero-order chi connectivity index (χ0) is 29.2. The molecule has 220 valence electrons. The van der Waals surface area contributed by atoms with Gasteiger partial charge in [0.1, 0.15) is 23.9 Å². The molecule has 4 rings (SSSR count). The minimum absolute atomic E-state index is 0.195. The summed E-state index contributed by atoms with van der Waals surface area (Å²) in [6.45, 7) is 7.32. The Labute approximate surface area is 243 Å². The number of carbonyl (C=O) groups is 3. The van der Waals surface area contributed by atoms with Gasteiger partial charge in [0.25, 0.3) is 0 Å². The smallest absolute Gasteiger partial charge is 0.246 e. The van der Waals surface area contributed by atoms with Gasteiger partial charge in [-0.15, -0.1) is 0 Å². The zero-order valence-corrected chi connectivity index (χ0v) is 24.5. The highest BCUT2D eigenvalue weighted by Gasteiger charge is 2.44. The second kappa shape index (κ2) is 14.3. The molecular weight excluding hydrogens is 516 g/mol. The van der Waals surface area contributed by atoms with E-state index in [1.54, 1.807) is 0 Å². The third-order valence-electron chi connectivity index (χ3n) is 7.78. The van der Waals surface area contributed by atoms with Crippen molar-refractivity contribution in [2.24, 2.45) is 5.92 Å². The number of fused-ring (bicyclic) bond motifs is 1. The fourth-order valence-corrected chi connectivity index (χ4v) is 5.66. The van der Waals surface area contributed by atoms with Gasteiger partial charge in [0, 0.05) is 25.1 Å². The first-order valence-electron chi connectivity index (χ1n) is 14.8. The molecule has 2 aromatic rings. The predicted octanol–water partition coefficient (Wildman–Crippen LogP) is 3.68. The average Bonchev–Trinajstić information content (AvgIpc) is 3.42. The summed E-state index contributed by atoms with van der Waals surface area (Å²) in [7, 11) is 0. The van der Waals surface area contributed by atoms with Crippen molar-refractivity contribution < 1.29 is 19.1 Å². The first-order chi connectivity index (χ1) is 19.8. The van der Waals surface area contributed by atoms with Gasteiger partial charge in [0.05, 0.1) is 6.04 Å². The van der Waals surface area contributed by atoms with Gasteiger partial charge in [-0.2, -0.15) is 0 Å². The van der Waals surface area contributed by atoms with Crippen molar-refractivity contribution in [1.82, 2.24) is 21.3 Å². The van der Waals surface area contributed by atoms with Crippen molar-refractivity contribution in [3.05, 3.63) is 71.3 Å². The fraction of sp³-hybridized carbons (Fsp3) is 0.485. The minimum atomic E-state index is -1.04. The van der Waals surface area contributed by atoms with Crippen LogP contribution in [-0.2, 0) is 20.8 Å². The molecule has 0 unspecified atom stereocenters. The lowest BCUT2D eigenvalue weighted by molar-refractivity contribution is -0.136. The first-order valence-corrected chi connectivity index (χ1v) is 14.8. The minimum Gasteiger partial charge on any atom is -0.492 e. The molecule has 4 N–H and O–H groups in total. The van der Waals surface area contributed by atoms with Crippen LogP contribution in [0.1, 0.15) is 62.6 Å². The van der Waals surface area contributed by atoms with Crippen LogP contribution >= 0.6 is 0 Å². The highest BCUT2D eigenvalue weighted by Crippen LogP contribution is 2.30. The number of hydrogen-bond donors (Lipinski definition) is 4. The Morgan fingerprint density at radius 1 is 0.976 bits per heavy atom. The summed E-state index contributed by atoms with van der Waals surface area (Å²) in [6.07, 6.45) is 7.53. The molecule has 0 radical (unpaired) electrons. The Balaban J connectivity index is 1.63. The molecule has 1 heterocycles. The van der Waals surface area contributed by atoms with Gasteiger partial charge >= 0.3 is 0 Å². The van der Waals surface area contributed by atoms with Gasteiger partial charge in [0.15, 0.2) is 0 Å². The molecule has 1 aliphatic heterocycles. The molecule has 0 saturated heterocycles. The molecule has 2 aliphatic rings. The molecule has 1 aliphatic carbocycles. The molecule has 41 heavy (non-hydrogen) atoms. The van der Waals surface area contributed by atoms with E-state index >= 15 is 0 Å². The molecule has 3 amide bonds. The Morgan fingerprint density at radius 2 is 1.76 bits per heavy atom. The number of hydrogen-bond acceptors (Lipinski definition) is 5. The van der Waals surface area contributed by atoms with E-state index in [0.29, 0.717) is 45.4 Å². The summed E-state index contributed by atoms with van der Waals surface area (Å²) < 4.78 is 6.05. The van der Waals surface area contributed by atoms with Gasteiger partial charge in [-0.05, 0) is 43.7 Å². The molecule has 2 aromatic carbocycles. The van der Waals surface area contributed by atoms with Crippen molar-refractivity contribution in [3.63, 3.8) is 0 Å². The summed E-state index contributed by atoms with van der Waals surface area (Å²) in [6, 6.07) is 14.4. The molecule has 1 spiro atoms. The van der Waals surface area contributed by atoms with Gasteiger partial charge in [-0.25, -0.2) is 0 Å². The van der Waals surface area contributed by atoms with Gasteiger partial charge < -0.3 is 26.0 Å². The maximum absolute atomic E-state index is 13.9. The van der Waals surface area contributed by atoms with Crippen molar-refractivity contribution in [2.45, 2.75) is 76.9 Å². The fourth-order valence-electron chi connectivity index (χ4n) is 5.66. The van der Waals surface area contributed by atoms with E-state index in [0.717, 1.165) is 35.3 Å². The van der Waals surface area contributed by atoms with E-state index in [4.69, 9.17) is 4.74 Å². The number of carbonyl (C=O) groups excluding carboxylic acids is 3. The van der Waals surface area contributed by atoms with Crippen LogP contribution < -0.4 is 26.0 Å². The maximum atomic E-state index is 13.9. The van der Waals surface area contributed by atoms with Crippen molar-refractivity contribution in [3.8, 4) is 5.75 Å². The van der Waals surface area contributed by atoms with E-state index in [2.05, 4.69) is 35.1 Å². The number of rotatable bonds is 4. The van der Waals surface area contributed by atoms with Crippen LogP contribution in [-0.4, -0.2) is 55.0 Å². The summed E-state index contributed by atoms with van der Waals surface area (Å²) in [5.41, 5.74) is 1.90. The summed E-state index contributed by atoms with van der Waals surface area (Å²) in [5.74, 6) is 0.248. The van der Waals surface area contributed by atoms with E-state index in [1.165, 1.54) is 0 Å². The molecule has 8 nitrogen and oxygen atoms in total. The van der Waals surface area contributed by atoms with Crippen molar-refractivity contribution in [1.29, 1.82) is 0 Å². The largest absolute Gasteiger partial charge is 0.492 e. The standard InChI is InChI=1S/C33H44N4O4/c1-23(2)20-27-31(39)37-33(15-6-7-16-33)32(40)36-28(22-25-11-8-10-24(3)21-25)30(38)35-17-9-13-26-12-4-5-14-29(26)41-19-18-34-27/h4-5,8-14,21,23,27-28,34H,6-7,15-20,22H2,1-3H3,(H,35,38)(H,36,40)(H,37,39)/b13-9+/t27-,28-/m0/s1. The maximum Gasteiger partial charge on any atom is 0.246 e. The Hall–Kier alpha value is -3.65. The lowest BCUT2D eigenvalue weighted by Gasteiger charge is -2.33. The second-order valence-electron chi connectivity index (χ2n) is 11.7. The van der Waals surface area contributed by atoms with Crippen LogP contribution in [0, 0.1) is 12.8 Å². The van der Waals surface area contributed by atoms with Crippen LogP contribution in [0.25, 0.3) is 6.08 Å². The van der Waals surface area contributed by atoms with Crippen LogP contribution in [0.2, 0.25) is 0 Å². The molecule has 0 aromatic heterocycles. The van der Waals surface area contributed by atoms with Gasteiger partial charge in [-0.3, -0.25) is 14.4 Å². The number of amides is 3. The highest BCUT2D eigenvalue weighted by atomic mass is 16.5. The van der Waals surface area contributed by atoms with Crippen LogP contribution in [0.4, 0.5) is 0 Å². The second-order valence-corrected chi connectivity index (χ2v) is 11.7. The van der Waals surface area contributed by atoms with Crippen molar-refractivity contribution in [2.75, 3.05) is 19.7 Å². The van der Waals surface area contributed by atoms with Crippen molar-refractivity contribution >= 4 is 23.8 Å².